The van der Waals surface area contributed by atoms with Crippen LogP contribution in [0.2, 0.25) is 0 Å². The van der Waals surface area contributed by atoms with Gasteiger partial charge in [0.2, 0.25) is 6.41 Å². The van der Waals surface area contributed by atoms with E-state index in [1.807, 2.05) is 12.2 Å². The molecule has 0 saturated heterocycles. The Morgan fingerprint density at radius 2 is 2.00 bits per heavy atom. The first kappa shape index (κ1) is 21.6. The number of halogens is 3. The molecule has 0 aliphatic carbocycles. The van der Waals surface area contributed by atoms with Gasteiger partial charge in [0, 0.05) is 12.7 Å². The average Bonchev–Trinajstić information content (AvgIpc) is 2.52. The highest BCUT2D eigenvalue weighted by molar-refractivity contribution is 5.97. The minimum atomic E-state index is -4.55. The molecule has 0 aromatic heterocycles. The molecule has 8 heteroatoms. The van der Waals surface area contributed by atoms with Gasteiger partial charge >= 0.3 is 6.18 Å². The van der Waals surface area contributed by atoms with E-state index in [2.05, 4.69) is 36.0 Å². The molecule has 0 radical (unpaired) electrons. The van der Waals surface area contributed by atoms with Gasteiger partial charge < -0.3 is 16.0 Å². The predicted octanol–water partition coefficient (Wildman–Crippen LogP) is 1.84. The molecule has 1 atom stereocenters. The molecule has 0 aliphatic heterocycles. The third kappa shape index (κ3) is 9.56. The van der Waals surface area contributed by atoms with Crippen molar-refractivity contribution in [2.45, 2.75) is 32.9 Å². The van der Waals surface area contributed by atoms with E-state index in [0.29, 0.717) is 18.9 Å². The van der Waals surface area contributed by atoms with Crippen molar-refractivity contribution in [2.75, 3.05) is 13.1 Å². The molecule has 5 nitrogen and oxygen atoms in total. The highest BCUT2D eigenvalue weighted by atomic mass is 19.4. The molecule has 0 spiro atoms. The first-order chi connectivity index (χ1) is 11.2. The molecule has 0 heterocycles. The van der Waals surface area contributed by atoms with Crippen LogP contribution in [0, 0.1) is 17.8 Å². The summed E-state index contributed by atoms with van der Waals surface area (Å²) in [5.74, 6) is 4.75. The number of rotatable bonds is 9. The predicted molar refractivity (Wildman–Crippen MR) is 85.3 cm³/mol. The summed E-state index contributed by atoms with van der Waals surface area (Å²) in [7, 11) is 0. The highest BCUT2D eigenvalue weighted by Crippen LogP contribution is 2.21. The molecular formula is C16H22F3N3O2. The number of carbonyl (C=O) groups is 2. The van der Waals surface area contributed by atoms with Gasteiger partial charge in [-0.3, -0.25) is 9.59 Å². The Labute approximate surface area is 139 Å². The average molecular weight is 345 g/mol. The Balaban J connectivity index is 4.63. The summed E-state index contributed by atoms with van der Waals surface area (Å²) in [4.78, 5) is 22.3. The molecular weight excluding hydrogens is 323 g/mol. The fourth-order valence-electron chi connectivity index (χ4n) is 1.40. The van der Waals surface area contributed by atoms with E-state index >= 15 is 0 Å². The zero-order valence-electron chi connectivity index (χ0n) is 13.7. The lowest BCUT2D eigenvalue weighted by Gasteiger charge is -2.10. The van der Waals surface area contributed by atoms with E-state index in [4.69, 9.17) is 0 Å². The van der Waals surface area contributed by atoms with Crippen LogP contribution >= 0.6 is 0 Å². The van der Waals surface area contributed by atoms with Gasteiger partial charge in [-0.15, -0.1) is 0 Å². The third-order valence-corrected chi connectivity index (χ3v) is 3.12. The summed E-state index contributed by atoms with van der Waals surface area (Å²) in [5, 5.41) is 6.83. The summed E-state index contributed by atoms with van der Waals surface area (Å²) in [6, 6.07) is 0. The van der Waals surface area contributed by atoms with E-state index in [-0.39, 0.29) is 12.1 Å². The zero-order valence-corrected chi connectivity index (χ0v) is 13.7. The molecule has 0 aromatic carbocycles. The van der Waals surface area contributed by atoms with E-state index < -0.39 is 17.8 Å². The lowest BCUT2D eigenvalue weighted by molar-refractivity contribution is -0.117. The van der Waals surface area contributed by atoms with Crippen LogP contribution in [0.15, 0.2) is 24.0 Å². The molecule has 134 valence electrons. The van der Waals surface area contributed by atoms with E-state index in [9.17, 15) is 22.8 Å². The molecule has 3 N–H and O–H groups in total. The molecule has 1 unspecified atom stereocenters. The first-order valence-electron chi connectivity index (χ1n) is 7.39. The topological polar surface area (TPSA) is 70.2 Å². The van der Waals surface area contributed by atoms with Crippen molar-refractivity contribution in [2.24, 2.45) is 5.92 Å². The molecule has 0 saturated carbocycles. The highest BCUT2D eigenvalue weighted by Gasteiger charge is 2.31. The van der Waals surface area contributed by atoms with E-state index in [1.165, 1.54) is 0 Å². The van der Waals surface area contributed by atoms with Crippen molar-refractivity contribution in [3.8, 4) is 11.8 Å². The van der Waals surface area contributed by atoms with Crippen LogP contribution < -0.4 is 16.0 Å². The van der Waals surface area contributed by atoms with Crippen molar-refractivity contribution < 1.29 is 22.8 Å². The number of allylic oxidation sites excluding steroid dienone is 1. The van der Waals surface area contributed by atoms with Crippen molar-refractivity contribution in [3.05, 3.63) is 24.0 Å². The number of amides is 2. The van der Waals surface area contributed by atoms with E-state index in [1.54, 1.807) is 0 Å². The number of nitrogens with one attached hydrogen (secondary N) is 3. The number of hydrogen-bond acceptors (Lipinski definition) is 3. The minimum Gasteiger partial charge on any atom is -0.371 e. The van der Waals surface area contributed by atoms with Crippen LogP contribution in [0.1, 0.15) is 26.7 Å². The van der Waals surface area contributed by atoms with Gasteiger partial charge in [-0.05, 0) is 12.3 Å². The molecule has 24 heavy (non-hydrogen) atoms. The van der Waals surface area contributed by atoms with Gasteiger partial charge in [-0.25, -0.2) is 0 Å². The van der Waals surface area contributed by atoms with Crippen LogP contribution in [-0.4, -0.2) is 31.6 Å². The summed E-state index contributed by atoms with van der Waals surface area (Å²) < 4.78 is 36.7. The molecule has 0 aliphatic rings. The Morgan fingerprint density at radius 1 is 1.33 bits per heavy atom. The zero-order chi connectivity index (χ0) is 18.6. The van der Waals surface area contributed by atoms with Crippen LogP contribution in [-0.2, 0) is 9.59 Å². The van der Waals surface area contributed by atoms with Crippen molar-refractivity contribution in [3.63, 3.8) is 0 Å². The van der Waals surface area contributed by atoms with Gasteiger partial charge in [0.1, 0.15) is 11.3 Å². The Bertz CT molecular complexity index is 531. The maximum Gasteiger partial charge on any atom is 0.430 e. The second-order valence-electron chi connectivity index (χ2n) is 5.03. The quantitative estimate of drug-likeness (QED) is 0.339. The molecule has 2 amide bonds. The smallest absolute Gasteiger partial charge is 0.371 e. The van der Waals surface area contributed by atoms with Crippen molar-refractivity contribution in [1.82, 2.24) is 16.0 Å². The van der Waals surface area contributed by atoms with E-state index in [0.717, 1.165) is 19.0 Å². The maximum atomic E-state index is 12.2. The fourth-order valence-corrected chi connectivity index (χ4v) is 1.40. The number of alkyl halides is 3. The Morgan fingerprint density at radius 3 is 2.54 bits per heavy atom. The Kier molecular flexibility index (Phi) is 10.0. The largest absolute Gasteiger partial charge is 0.430 e. The lowest BCUT2D eigenvalue weighted by atomic mass is 10.1. The van der Waals surface area contributed by atoms with Gasteiger partial charge in [0.15, 0.2) is 0 Å². The maximum absolute atomic E-state index is 12.2. The Hall–Kier alpha value is -2.43. The summed E-state index contributed by atoms with van der Waals surface area (Å²) in [6.07, 6.45) is -1.32. The van der Waals surface area contributed by atoms with Crippen LogP contribution in [0.4, 0.5) is 13.2 Å². The van der Waals surface area contributed by atoms with Crippen LogP contribution in [0.3, 0.4) is 0 Å². The molecule has 0 aromatic rings. The third-order valence-electron chi connectivity index (χ3n) is 3.12. The minimum absolute atomic E-state index is 0.0503. The van der Waals surface area contributed by atoms with Gasteiger partial charge in [0.05, 0.1) is 6.54 Å². The molecule has 0 rings (SSSR count). The second-order valence-corrected chi connectivity index (χ2v) is 5.03. The standard InChI is InChI=1S/C16H22F3N3O2/c1-4-12(2)7-9-22-15(24)14(10-20-11-23)6-5-8-21-13(3)16(17,18)19/h10-12,21H,3-4,7-9H2,1-2H3,(H,20,23)(H,22,24)/b14-10-. The van der Waals surface area contributed by atoms with Crippen molar-refractivity contribution in [1.29, 1.82) is 0 Å². The monoisotopic (exact) mass is 345 g/mol. The number of hydrogen-bond donors (Lipinski definition) is 3. The number of carbonyl (C=O) groups excluding carboxylic acids is 2. The van der Waals surface area contributed by atoms with Gasteiger partial charge in [0.25, 0.3) is 5.91 Å². The van der Waals surface area contributed by atoms with Crippen molar-refractivity contribution >= 4 is 12.3 Å². The molecule has 0 bridgehead atoms. The normalized spacial score (nSPS) is 12.5. The van der Waals surface area contributed by atoms with Crippen LogP contribution in [0.25, 0.3) is 0 Å². The summed E-state index contributed by atoms with van der Waals surface area (Å²) in [6.45, 7) is 7.03. The van der Waals surface area contributed by atoms with Gasteiger partial charge in [-0.2, -0.15) is 13.2 Å². The fraction of sp³-hybridized carbons (Fsp3) is 0.500. The van der Waals surface area contributed by atoms with Gasteiger partial charge in [-0.1, -0.05) is 38.7 Å². The van der Waals surface area contributed by atoms with Crippen LogP contribution in [0.5, 0.6) is 0 Å². The SMILES string of the molecule is C=C(NCC#C/C(=C/NC=O)C(=O)NCCC(C)CC)C(F)(F)F. The lowest BCUT2D eigenvalue weighted by Crippen LogP contribution is -2.28. The summed E-state index contributed by atoms with van der Waals surface area (Å²) >= 11 is 0. The first-order valence-corrected chi connectivity index (χ1v) is 7.39. The summed E-state index contributed by atoms with van der Waals surface area (Å²) in [5.41, 5.74) is -1.17. The second kappa shape index (κ2) is 11.2. The molecule has 0 fully saturated rings.